The average molecular weight is 376 g/mol. The average Bonchev–Trinajstić information content (AvgIpc) is 3.43. The van der Waals surface area contributed by atoms with Gasteiger partial charge in [-0.1, -0.05) is 0 Å². The molecule has 0 bridgehead atoms. The van der Waals surface area contributed by atoms with Gasteiger partial charge in [0, 0.05) is 5.56 Å². The summed E-state index contributed by atoms with van der Waals surface area (Å²) in [5, 5.41) is 14.2. The highest BCUT2D eigenvalue weighted by molar-refractivity contribution is 6.09. The Kier molecular flexibility index (Phi) is 4.38. The fourth-order valence-electron chi connectivity index (χ4n) is 3.26. The third-order valence-corrected chi connectivity index (χ3v) is 5.07. The van der Waals surface area contributed by atoms with Crippen LogP contribution in [0.25, 0.3) is 0 Å². The standard InChI is InChI=1S/C18H18F2N4O3/c1-17(9-21,10-3-4-10)22-14(25)8-24-15(26)18(2,23-16(24)27)12-7-11(19)5-6-13(12)20/h5-7,10H,3-4,8H2,1-2H3,(H,22,25)(H,23,27)/t17-,18-/m1/s1. The molecule has 1 aliphatic carbocycles. The van der Waals surface area contributed by atoms with Gasteiger partial charge in [0.25, 0.3) is 5.91 Å². The van der Waals surface area contributed by atoms with Gasteiger partial charge >= 0.3 is 6.03 Å². The molecule has 1 saturated heterocycles. The summed E-state index contributed by atoms with van der Waals surface area (Å²) in [5.74, 6) is -3.15. The molecule has 142 valence electrons. The molecule has 2 atom stereocenters. The maximum atomic E-state index is 14.1. The first-order valence-electron chi connectivity index (χ1n) is 8.42. The molecule has 2 fully saturated rings. The normalized spacial score (nSPS) is 24.2. The molecule has 2 aliphatic rings. The van der Waals surface area contributed by atoms with Crippen molar-refractivity contribution in [2.75, 3.05) is 6.54 Å². The second kappa shape index (κ2) is 6.30. The van der Waals surface area contributed by atoms with Gasteiger partial charge in [-0.25, -0.2) is 13.6 Å². The Labute approximate surface area is 154 Å². The van der Waals surface area contributed by atoms with Gasteiger partial charge in [0.15, 0.2) is 0 Å². The topological polar surface area (TPSA) is 102 Å². The lowest BCUT2D eigenvalue weighted by Gasteiger charge is -2.25. The van der Waals surface area contributed by atoms with Gasteiger partial charge in [-0.15, -0.1) is 0 Å². The summed E-state index contributed by atoms with van der Waals surface area (Å²) in [6.45, 7) is 2.20. The zero-order chi connectivity index (χ0) is 20.0. The van der Waals surface area contributed by atoms with Crippen LogP contribution in [0, 0.1) is 28.9 Å². The number of rotatable bonds is 5. The summed E-state index contributed by atoms with van der Waals surface area (Å²) in [6.07, 6.45) is 1.62. The first kappa shape index (κ1) is 18.8. The summed E-state index contributed by atoms with van der Waals surface area (Å²) in [5.41, 5.74) is -3.24. The van der Waals surface area contributed by atoms with E-state index in [4.69, 9.17) is 0 Å². The van der Waals surface area contributed by atoms with Crippen molar-refractivity contribution in [3.63, 3.8) is 0 Å². The summed E-state index contributed by atoms with van der Waals surface area (Å²) in [4.78, 5) is 37.9. The van der Waals surface area contributed by atoms with Crippen molar-refractivity contribution in [3.05, 3.63) is 35.4 Å². The van der Waals surface area contributed by atoms with Gasteiger partial charge in [0.2, 0.25) is 5.91 Å². The van der Waals surface area contributed by atoms with Crippen LogP contribution in [0.5, 0.6) is 0 Å². The van der Waals surface area contributed by atoms with Gasteiger partial charge in [0.05, 0.1) is 6.07 Å². The minimum Gasteiger partial charge on any atom is -0.336 e. The summed E-state index contributed by atoms with van der Waals surface area (Å²) < 4.78 is 27.6. The van der Waals surface area contributed by atoms with Crippen LogP contribution >= 0.6 is 0 Å². The number of imide groups is 1. The van der Waals surface area contributed by atoms with Gasteiger partial charge < -0.3 is 10.6 Å². The van der Waals surface area contributed by atoms with Crippen molar-refractivity contribution in [1.82, 2.24) is 15.5 Å². The Morgan fingerprint density at radius 2 is 2.11 bits per heavy atom. The van der Waals surface area contributed by atoms with Crippen LogP contribution in [0.3, 0.4) is 0 Å². The largest absolute Gasteiger partial charge is 0.336 e. The predicted octanol–water partition coefficient (Wildman–Crippen LogP) is 1.54. The van der Waals surface area contributed by atoms with Crippen molar-refractivity contribution in [2.24, 2.45) is 5.92 Å². The van der Waals surface area contributed by atoms with E-state index in [0.29, 0.717) is 4.90 Å². The molecule has 1 saturated carbocycles. The molecule has 0 aromatic heterocycles. The van der Waals surface area contributed by atoms with Crippen LogP contribution < -0.4 is 10.6 Å². The Hall–Kier alpha value is -3.02. The highest BCUT2D eigenvalue weighted by Crippen LogP contribution is 2.39. The lowest BCUT2D eigenvalue weighted by atomic mass is 9.91. The number of carbonyl (C=O) groups excluding carboxylic acids is 3. The molecule has 7 nitrogen and oxygen atoms in total. The third-order valence-electron chi connectivity index (χ3n) is 5.07. The van der Waals surface area contributed by atoms with E-state index in [-0.39, 0.29) is 11.5 Å². The number of nitriles is 1. The molecular formula is C18H18F2N4O3. The second-order valence-electron chi connectivity index (χ2n) is 7.21. The molecule has 3 rings (SSSR count). The third kappa shape index (κ3) is 3.23. The minimum atomic E-state index is -1.83. The minimum absolute atomic E-state index is 0.0289. The van der Waals surface area contributed by atoms with Crippen molar-refractivity contribution >= 4 is 17.8 Å². The van der Waals surface area contributed by atoms with Crippen LogP contribution in [0.15, 0.2) is 18.2 Å². The Morgan fingerprint density at radius 3 is 2.70 bits per heavy atom. The zero-order valence-corrected chi connectivity index (χ0v) is 14.8. The highest BCUT2D eigenvalue weighted by Gasteiger charge is 2.51. The quantitative estimate of drug-likeness (QED) is 0.761. The summed E-state index contributed by atoms with van der Waals surface area (Å²) in [7, 11) is 0. The van der Waals surface area contributed by atoms with E-state index >= 15 is 0 Å². The lowest BCUT2D eigenvalue weighted by molar-refractivity contribution is -0.135. The van der Waals surface area contributed by atoms with Crippen molar-refractivity contribution in [2.45, 2.75) is 37.8 Å². The number of halogens is 2. The SMILES string of the molecule is C[C@]1(c2cc(F)ccc2F)NC(=O)N(CC(=O)N[C@](C)(C#N)C2CC2)C1=O. The molecule has 0 radical (unpaired) electrons. The van der Waals surface area contributed by atoms with Gasteiger partial charge in [-0.2, -0.15) is 5.26 Å². The number of benzene rings is 1. The van der Waals surface area contributed by atoms with Crippen molar-refractivity contribution in [1.29, 1.82) is 5.26 Å². The fourth-order valence-corrected chi connectivity index (χ4v) is 3.26. The lowest BCUT2D eigenvalue weighted by Crippen LogP contribution is -2.51. The molecular weight excluding hydrogens is 358 g/mol. The Balaban J connectivity index is 1.79. The molecule has 1 heterocycles. The number of carbonyl (C=O) groups is 3. The second-order valence-corrected chi connectivity index (χ2v) is 7.21. The first-order chi connectivity index (χ1) is 12.6. The zero-order valence-electron chi connectivity index (χ0n) is 14.8. The predicted molar refractivity (Wildman–Crippen MR) is 88.8 cm³/mol. The Morgan fingerprint density at radius 1 is 1.44 bits per heavy atom. The molecule has 1 aromatic carbocycles. The molecule has 4 amide bonds. The molecule has 1 aliphatic heterocycles. The summed E-state index contributed by atoms with van der Waals surface area (Å²) >= 11 is 0. The van der Waals surface area contributed by atoms with E-state index in [1.807, 2.05) is 6.07 Å². The van der Waals surface area contributed by atoms with E-state index in [0.717, 1.165) is 31.0 Å². The van der Waals surface area contributed by atoms with E-state index in [1.54, 1.807) is 6.92 Å². The Bertz CT molecular complexity index is 880. The van der Waals surface area contributed by atoms with Crippen LogP contribution in [-0.4, -0.2) is 34.8 Å². The smallest absolute Gasteiger partial charge is 0.325 e. The van der Waals surface area contributed by atoms with Crippen LogP contribution in [0.1, 0.15) is 32.3 Å². The van der Waals surface area contributed by atoms with Crippen molar-refractivity contribution in [3.8, 4) is 6.07 Å². The summed E-state index contributed by atoms with van der Waals surface area (Å²) in [6, 6.07) is 3.74. The van der Waals surface area contributed by atoms with Crippen LogP contribution in [0.2, 0.25) is 0 Å². The van der Waals surface area contributed by atoms with E-state index in [1.165, 1.54) is 6.92 Å². The van der Waals surface area contributed by atoms with E-state index in [2.05, 4.69) is 10.6 Å². The monoisotopic (exact) mass is 376 g/mol. The molecule has 9 heteroatoms. The first-order valence-corrected chi connectivity index (χ1v) is 8.42. The number of nitrogens with zero attached hydrogens (tertiary/aromatic N) is 2. The van der Waals surface area contributed by atoms with Crippen molar-refractivity contribution < 1.29 is 23.2 Å². The highest BCUT2D eigenvalue weighted by atomic mass is 19.1. The number of hydrogen-bond acceptors (Lipinski definition) is 4. The van der Waals surface area contributed by atoms with E-state index < -0.39 is 47.1 Å². The number of nitrogens with one attached hydrogen (secondary N) is 2. The molecule has 0 unspecified atom stereocenters. The number of hydrogen-bond donors (Lipinski definition) is 2. The molecule has 2 N–H and O–H groups in total. The maximum absolute atomic E-state index is 14.1. The van der Waals surface area contributed by atoms with Crippen LogP contribution in [-0.2, 0) is 15.1 Å². The van der Waals surface area contributed by atoms with E-state index in [9.17, 15) is 28.4 Å². The fraction of sp³-hybridized carbons (Fsp3) is 0.444. The number of amides is 4. The maximum Gasteiger partial charge on any atom is 0.325 e. The molecule has 0 spiro atoms. The van der Waals surface area contributed by atoms with Gasteiger partial charge in [0.1, 0.15) is 29.3 Å². The van der Waals surface area contributed by atoms with Gasteiger partial charge in [-0.05, 0) is 50.8 Å². The van der Waals surface area contributed by atoms with Gasteiger partial charge in [-0.3, -0.25) is 14.5 Å². The molecule has 1 aromatic rings. The number of urea groups is 1. The molecule has 27 heavy (non-hydrogen) atoms. The van der Waals surface area contributed by atoms with Crippen LogP contribution in [0.4, 0.5) is 13.6 Å².